The molecule has 0 bridgehead atoms. The number of fused-ring (bicyclic) bond motifs is 1. The van der Waals surface area contributed by atoms with Gasteiger partial charge in [0.05, 0.1) is 10.7 Å². The highest BCUT2D eigenvalue weighted by Gasteiger charge is 2.24. The Morgan fingerprint density at radius 1 is 1.00 bits per heavy atom. The summed E-state index contributed by atoms with van der Waals surface area (Å²) in [4.78, 5) is 19.3. The fraction of sp³-hybridized carbons (Fsp3) is 0.267. The molecule has 1 saturated heterocycles. The van der Waals surface area contributed by atoms with Crippen molar-refractivity contribution in [1.29, 1.82) is 0 Å². The molecule has 0 spiro atoms. The second-order valence-electron chi connectivity index (χ2n) is 5.40. The molecule has 0 saturated carbocycles. The second-order valence-corrected chi connectivity index (χ2v) is 6.14. The number of aromatic amines is 2. The lowest BCUT2D eigenvalue weighted by Crippen LogP contribution is -2.47. The van der Waals surface area contributed by atoms with Gasteiger partial charge in [0.15, 0.2) is 12.1 Å². The number of nitrogens with one attached hydrogen (secondary N) is 2. The largest absolute Gasteiger partial charge is 0.367 e. The van der Waals surface area contributed by atoms with Crippen LogP contribution in [-0.4, -0.2) is 41.1 Å². The van der Waals surface area contributed by atoms with Gasteiger partial charge in [0.2, 0.25) is 5.52 Å². The molecule has 3 aromatic rings. The molecular formula is C15H15Cl2N6+. The zero-order chi connectivity index (χ0) is 15.8. The first-order valence-corrected chi connectivity index (χ1v) is 8.15. The van der Waals surface area contributed by atoms with Crippen molar-refractivity contribution in [1.82, 2.24) is 15.0 Å². The number of anilines is 2. The van der Waals surface area contributed by atoms with Gasteiger partial charge in [-0.25, -0.2) is 4.98 Å². The Kier molecular flexibility index (Phi) is 3.71. The first-order chi connectivity index (χ1) is 11.2. The first-order valence-electron chi connectivity index (χ1n) is 7.39. The molecule has 0 radical (unpaired) electrons. The Morgan fingerprint density at radius 3 is 2.52 bits per heavy atom. The van der Waals surface area contributed by atoms with Crippen LogP contribution < -0.4 is 14.8 Å². The molecule has 1 aliphatic heterocycles. The molecule has 1 aliphatic rings. The van der Waals surface area contributed by atoms with Crippen LogP contribution in [0.5, 0.6) is 0 Å². The minimum Gasteiger partial charge on any atom is -0.367 e. The number of nitrogens with zero attached hydrogens (tertiary/aromatic N) is 4. The Balaban J connectivity index is 1.57. The fourth-order valence-corrected chi connectivity index (χ4v) is 3.35. The van der Waals surface area contributed by atoms with Crippen molar-refractivity contribution >= 4 is 45.9 Å². The summed E-state index contributed by atoms with van der Waals surface area (Å²) in [7, 11) is 0. The lowest BCUT2D eigenvalue weighted by molar-refractivity contribution is -0.347. The molecular weight excluding hydrogens is 335 g/mol. The van der Waals surface area contributed by atoms with Crippen molar-refractivity contribution in [2.45, 2.75) is 0 Å². The minimum absolute atomic E-state index is 0.247. The van der Waals surface area contributed by atoms with Gasteiger partial charge < -0.3 is 9.80 Å². The van der Waals surface area contributed by atoms with Gasteiger partial charge in [-0.2, -0.15) is 4.98 Å². The molecule has 8 heteroatoms. The fourth-order valence-electron chi connectivity index (χ4n) is 2.93. The van der Waals surface area contributed by atoms with E-state index < -0.39 is 0 Å². The number of hydrogen-bond acceptors (Lipinski definition) is 4. The molecule has 4 rings (SSSR count). The number of rotatable bonds is 2. The average Bonchev–Trinajstić information content (AvgIpc) is 3.03. The van der Waals surface area contributed by atoms with Crippen molar-refractivity contribution < 1.29 is 4.98 Å². The van der Waals surface area contributed by atoms with Crippen LogP contribution in [0.2, 0.25) is 10.3 Å². The Hall–Kier alpha value is -2.05. The van der Waals surface area contributed by atoms with E-state index in [1.807, 2.05) is 18.2 Å². The van der Waals surface area contributed by atoms with Crippen LogP contribution in [0.1, 0.15) is 0 Å². The van der Waals surface area contributed by atoms with Crippen LogP contribution in [0.4, 0.5) is 11.5 Å². The van der Waals surface area contributed by atoms with E-state index in [2.05, 4.69) is 35.8 Å². The highest BCUT2D eigenvalue weighted by atomic mass is 35.5. The van der Waals surface area contributed by atoms with Gasteiger partial charge >= 0.3 is 10.9 Å². The maximum atomic E-state index is 6.29. The van der Waals surface area contributed by atoms with Crippen LogP contribution >= 0.6 is 23.2 Å². The molecule has 6 nitrogen and oxygen atoms in total. The molecule has 2 N–H and O–H groups in total. The van der Waals surface area contributed by atoms with Gasteiger partial charge in [-0.3, -0.25) is 4.98 Å². The summed E-state index contributed by atoms with van der Waals surface area (Å²) in [6.45, 7) is 3.42. The molecule has 0 atom stereocenters. The predicted octanol–water partition coefficient (Wildman–Crippen LogP) is 2.41. The predicted molar refractivity (Wildman–Crippen MR) is 91.3 cm³/mol. The maximum absolute atomic E-state index is 6.29. The van der Waals surface area contributed by atoms with Gasteiger partial charge in [-0.1, -0.05) is 28.7 Å². The normalized spacial score (nSPS) is 15.4. The number of halogens is 2. The third-order valence-corrected chi connectivity index (χ3v) is 4.55. The van der Waals surface area contributed by atoms with E-state index in [0.29, 0.717) is 5.65 Å². The molecule has 23 heavy (non-hydrogen) atoms. The summed E-state index contributed by atoms with van der Waals surface area (Å²) in [6.07, 6.45) is 1.74. The maximum Gasteiger partial charge on any atom is 0.306 e. The molecule has 0 unspecified atom stereocenters. The van der Waals surface area contributed by atoms with Gasteiger partial charge in [0.1, 0.15) is 0 Å². The van der Waals surface area contributed by atoms with Crippen LogP contribution in [0, 0.1) is 0 Å². The smallest absolute Gasteiger partial charge is 0.306 e. The molecule has 0 amide bonds. The van der Waals surface area contributed by atoms with Crippen LogP contribution in [0.15, 0.2) is 30.6 Å². The lowest BCUT2D eigenvalue weighted by atomic mass is 10.2. The number of piperazine rings is 1. The van der Waals surface area contributed by atoms with E-state index in [1.54, 1.807) is 6.33 Å². The number of aromatic nitrogens is 4. The van der Waals surface area contributed by atoms with Gasteiger partial charge in [-0.15, -0.1) is 0 Å². The van der Waals surface area contributed by atoms with Gasteiger partial charge in [-0.05, 0) is 23.7 Å². The minimum atomic E-state index is 0.247. The molecule has 3 heterocycles. The van der Waals surface area contributed by atoms with Crippen molar-refractivity contribution in [2.24, 2.45) is 0 Å². The molecule has 0 aliphatic carbocycles. The lowest BCUT2D eigenvalue weighted by Gasteiger charge is -2.36. The van der Waals surface area contributed by atoms with Crippen LogP contribution in [-0.2, 0) is 0 Å². The van der Waals surface area contributed by atoms with Crippen molar-refractivity contribution in [3.05, 3.63) is 40.9 Å². The molecule has 1 aromatic carbocycles. The highest BCUT2D eigenvalue weighted by Crippen LogP contribution is 2.28. The summed E-state index contributed by atoms with van der Waals surface area (Å²) in [6, 6.07) is 7.93. The van der Waals surface area contributed by atoms with Gasteiger partial charge in [0.25, 0.3) is 0 Å². The summed E-state index contributed by atoms with van der Waals surface area (Å²) >= 11 is 12.3. The Labute approximate surface area is 143 Å². The van der Waals surface area contributed by atoms with E-state index >= 15 is 0 Å². The number of imidazole rings is 1. The standard InChI is InChI=1S/C15H14Cl2N6/c16-10-3-1-2-4-11(10)22-5-7-23(8-6-22)14-12-13(19-9-18-12)20-15(17)21-14/h1-4,9H,5-8H2,(H,18,19,20,21)/p+1. The topological polar surface area (TPSA) is 62.2 Å². The number of para-hydroxylation sites is 1. The van der Waals surface area contributed by atoms with Crippen LogP contribution in [0.25, 0.3) is 11.2 Å². The highest BCUT2D eigenvalue weighted by molar-refractivity contribution is 6.33. The molecule has 2 aromatic heterocycles. The van der Waals surface area contributed by atoms with Gasteiger partial charge in [0, 0.05) is 26.2 Å². The summed E-state index contributed by atoms with van der Waals surface area (Å²) in [5.74, 6) is 0.833. The summed E-state index contributed by atoms with van der Waals surface area (Å²) in [5, 5.41) is 1.03. The van der Waals surface area contributed by atoms with E-state index in [9.17, 15) is 0 Å². The SMILES string of the molecule is Clc1nc(N2CCN(c3ccccc3Cl)CC2)c2[nH]c[nH+]c2n1. The zero-order valence-electron chi connectivity index (χ0n) is 12.3. The number of hydrogen-bond donors (Lipinski definition) is 1. The summed E-state index contributed by atoms with van der Waals surface area (Å²) < 4.78 is 0. The molecule has 118 valence electrons. The average molecular weight is 350 g/mol. The second kappa shape index (κ2) is 5.86. The third kappa shape index (κ3) is 2.68. The van der Waals surface area contributed by atoms with Crippen molar-refractivity contribution in [3.8, 4) is 0 Å². The summed E-state index contributed by atoms with van der Waals surface area (Å²) in [5.41, 5.74) is 2.67. The van der Waals surface area contributed by atoms with Crippen molar-refractivity contribution in [3.63, 3.8) is 0 Å². The zero-order valence-corrected chi connectivity index (χ0v) is 13.8. The Morgan fingerprint density at radius 2 is 1.74 bits per heavy atom. The third-order valence-electron chi connectivity index (χ3n) is 4.06. The van der Waals surface area contributed by atoms with E-state index in [4.69, 9.17) is 23.2 Å². The molecule has 1 fully saturated rings. The first kappa shape index (κ1) is 14.5. The monoisotopic (exact) mass is 349 g/mol. The number of benzene rings is 1. The Bertz CT molecular complexity index is 841. The van der Waals surface area contributed by atoms with Crippen LogP contribution in [0.3, 0.4) is 0 Å². The van der Waals surface area contributed by atoms with E-state index in [0.717, 1.165) is 48.2 Å². The van der Waals surface area contributed by atoms with E-state index in [1.165, 1.54) is 0 Å². The van der Waals surface area contributed by atoms with Crippen molar-refractivity contribution in [2.75, 3.05) is 36.0 Å². The van der Waals surface area contributed by atoms with E-state index in [-0.39, 0.29) is 5.28 Å². The quantitative estimate of drug-likeness (QED) is 0.721. The number of H-pyrrole nitrogens is 2.